The number of Topliss-reactive ketones (excluding diaryl/α,β-unsaturated/α-hetero) is 1. The first-order chi connectivity index (χ1) is 17.9. The number of rotatable bonds is 8. The van der Waals surface area contributed by atoms with Crippen molar-refractivity contribution in [1.82, 2.24) is 14.5 Å². The molecule has 1 atom stereocenters. The topological polar surface area (TPSA) is 86.5 Å². The van der Waals surface area contributed by atoms with E-state index in [4.69, 9.17) is 9.47 Å². The minimum Gasteiger partial charge on any atom is -0.486 e. The number of fused-ring (bicyclic) bond motifs is 1. The van der Waals surface area contributed by atoms with Crippen molar-refractivity contribution in [3.63, 3.8) is 0 Å². The number of nitrogens with zero attached hydrogens (tertiary/aromatic N) is 3. The molecule has 0 aliphatic rings. The van der Waals surface area contributed by atoms with Gasteiger partial charge in [0, 0.05) is 24.9 Å². The van der Waals surface area contributed by atoms with Gasteiger partial charge in [0.25, 0.3) is 5.88 Å². The van der Waals surface area contributed by atoms with E-state index in [1.807, 2.05) is 17.7 Å². The van der Waals surface area contributed by atoms with Crippen LogP contribution >= 0.6 is 0 Å². The number of aryl methyl sites for hydroxylation is 2. The quantitative estimate of drug-likeness (QED) is 0.277. The van der Waals surface area contributed by atoms with Crippen LogP contribution in [0.2, 0.25) is 0 Å². The number of carbonyl (C=O) groups excluding carboxylic acids is 1. The molecule has 0 aliphatic carbocycles. The first-order valence-corrected chi connectivity index (χ1v) is 11.6. The van der Waals surface area contributed by atoms with E-state index in [0.29, 0.717) is 34.0 Å². The summed E-state index contributed by atoms with van der Waals surface area (Å²) in [6.07, 6.45) is 0.290. The van der Waals surface area contributed by atoms with Crippen LogP contribution in [0.3, 0.4) is 0 Å². The van der Waals surface area contributed by atoms with Crippen LogP contribution in [-0.4, -0.2) is 25.4 Å². The molecule has 0 spiro atoms. The number of imidazole rings is 1. The third-order valence-electron chi connectivity index (χ3n) is 5.95. The van der Waals surface area contributed by atoms with Crippen molar-refractivity contribution in [3.05, 3.63) is 113 Å². The van der Waals surface area contributed by atoms with Crippen molar-refractivity contribution in [2.75, 3.05) is 0 Å². The number of ketones is 1. The van der Waals surface area contributed by atoms with Gasteiger partial charge in [0.05, 0.1) is 11.0 Å². The molecule has 5 rings (SSSR count). The first-order valence-electron chi connectivity index (χ1n) is 11.6. The van der Waals surface area contributed by atoms with Crippen molar-refractivity contribution in [3.8, 4) is 17.4 Å². The van der Waals surface area contributed by atoms with Gasteiger partial charge in [-0.15, -0.1) is 0 Å². The van der Waals surface area contributed by atoms with E-state index in [2.05, 4.69) is 9.97 Å². The van der Waals surface area contributed by atoms with Crippen LogP contribution in [0.1, 0.15) is 33.4 Å². The number of benzene rings is 3. The lowest BCUT2D eigenvalue weighted by Crippen LogP contribution is -2.12. The van der Waals surface area contributed by atoms with E-state index in [9.17, 15) is 14.3 Å². The lowest BCUT2D eigenvalue weighted by molar-refractivity contribution is 0.0747. The maximum Gasteiger partial charge on any atom is 0.255 e. The maximum atomic E-state index is 14.1. The molecule has 3 aromatic carbocycles. The van der Waals surface area contributed by atoms with E-state index in [1.165, 1.54) is 6.07 Å². The van der Waals surface area contributed by atoms with Crippen molar-refractivity contribution in [1.29, 1.82) is 0 Å². The highest BCUT2D eigenvalue weighted by Gasteiger charge is 2.19. The molecule has 0 saturated carbocycles. The summed E-state index contributed by atoms with van der Waals surface area (Å²) in [6.45, 7) is 1.90. The minimum absolute atomic E-state index is 0.0949. The lowest BCUT2D eigenvalue weighted by Gasteiger charge is -2.11. The molecule has 1 N–H and O–H groups in total. The summed E-state index contributed by atoms with van der Waals surface area (Å²) in [5.41, 5.74) is 3.08. The molecular weight excluding hydrogens is 473 g/mol. The highest BCUT2D eigenvalue weighted by Crippen LogP contribution is 2.27. The third kappa shape index (κ3) is 5.19. The van der Waals surface area contributed by atoms with Gasteiger partial charge in [-0.3, -0.25) is 4.79 Å². The molecule has 186 valence electrons. The SMILES string of the molecule is Cc1cnc(Oc2ccc3nc(COc4cccc(C(=O)C(O)c5ccccc5)c4)n(C)c3c2)c(F)c1. The van der Waals surface area contributed by atoms with Gasteiger partial charge in [0.1, 0.15) is 30.0 Å². The van der Waals surface area contributed by atoms with E-state index < -0.39 is 17.7 Å². The number of hydrogen-bond acceptors (Lipinski definition) is 6. The Bertz CT molecular complexity index is 1580. The standard InChI is InChI=1S/C29H24FN3O4/c1-18-13-23(30)29(31-16-18)37-22-11-12-24-25(15-22)33(2)26(32-24)17-36-21-10-6-9-20(14-21)28(35)27(34)19-7-4-3-5-8-19/h3-16,27,34H,17H2,1-2H3. The normalized spacial score (nSPS) is 11.9. The van der Waals surface area contributed by atoms with Crippen molar-refractivity contribution in [2.45, 2.75) is 19.6 Å². The molecule has 1 unspecified atom stereocenters. The highest BCUT2D eigenvalue weighted by atomic mass is 19.1. The smallest absolute Gasteiger partial charge is 0.255 e. The number of aliphatic hydroxyl groups excluding tert-OH is 1. The number of aromatic nitrogens is 3. The van der Waals surface area contributed by atoms with Crippen LogP contribution in [-0.2, 0) is 13.7 Å². The number of halogens is 1. The predicted octanol–water partition coefficient (Wildman–Crippen LogP) is 5.70. The maximum absolute atomic E-state index is 14.1. The summed E-state index contributed by atoms with van der Waals surface area (Å²) in [6, 6.07) is 22.1. The molecule has 5 aromatic rings. The second kappa shape index (κ2) is 10.2. The molecule has 37 heavy (non-hydrogen) atoms. The van der Waals surface area contributed by atoms with Gasteiger partial charge in [-0.2, -0.15) is 0 Å². The Hall–Kier alpha value is -4.56. The van der Waals surface area contributed by atoms with Crippen LogP contribution in [0.15, 0.2) is 85.1 Å². The Morgan fingerprint density at radius 2 is 1.84 bits per heavy atom. The van der Waals surface area contributed by atoms with E-state index in [0.717, 1.165) is 11.0 Å². The fraction of sp³-hybridized carbons (Fsp3) is 0.138. The van der Waals surface area contributed by atoms with Gasteiger partial charge in [0.15, 0.2) is 11.6 Å². The van der Waals surface area contributed by atoms with Gasteiger partial charge >= 0.3 is 0 Å². The summed E-state index contributed by atoms with van der Waals surface area (Å²) in [5.74, 6) is 0.516. The Morgan fingerprint density at radius 1 is 1.03 bits per heavy atom. The van der Waals surface area contributed by atoms with Crippen LogP contribution in [0.4, 0.5) is 4.39 Å². The van der Waals surface area contributed by atoms with Crippen molar-refractivity contribution in [2.24, 2.45) is 7.05 Å². The van der Waals surface area contributed by atoms with Gasteiger partial charge in [-0.05, 0) is 48.4 Å². The number of pyridine rings is 1. The first kappa shape index (κ1) is 24.1. The van der Waals surface area contributed by atoms with E-state index >= 15 is 0 Å². The molecule has 0 radical (unpaired) electrons. The molecule has 2 aromatic heterocycles. The number of hydrogen-bond donors (Lipinski definition) is 1. The minimum atomic E-state index is -1.25. The average molecular weight is 498 g/mol. The van der Waals surface area contributed by atoms with Crippen LogP contribution < -0.4 is 9.47 Å². The summed E-state index contributed by atoms with van der Waals surface area (Å²) in [7, 11) is 1.85. The largest absolute Gasteiger partial charge is 0.486 e. The summed E-state index contributed by atoms with van der Waals surface area (Å²) in [4.78, 5) is 21.4. The summed E-state index contributed by atoms with van der Waals surface area (Å²) < 4.78 is 27.6. The Morgan fingerprint density at radius 3 is 2.62 bits per heavy atom. The number of carbonyl (C=O) groups is 1. The fourth-order valence-corrected chi connectivity index (χ4v) is 3.95. The second-order valence-electron chi connectivity index (χ2n) is 8.63. The van der Waals surface area contributed by atoms with E-state index in [-0.39, 0.29) is 12.5 Å². The molecule has 0 bridgehead atoms. The molecule has 2 heterocycles. The predicted molar refractivity (Wildman–Crippen MR) is 136 cm³/mol. The van der Waals surface area contributed by atoms with Crippen molar-refractivity contribution >= 4 is 16.8 Å². The zero-order chi connectivity index (χ0) is 25.9. The molecular formula is C29H24FN3O4. The number of ether oxygens (including phenoxy) is 2. The van der Waals surface area contributed by atoms with Crippen LogP contribution in [0.25, 0.3) is 11.0 Å². The lowest BCUT2D eigenvalue weighted by atomic mass is 10.00. The van der Waals surface area contributed by atoms with Crippen LogP contribution in [0, 0.1) is 12.7 Å². The molecule has 0 aliphatic heterocycles. The molecule has 8 heteroatoms. The summed E-state index contributed by atoms with van der Waals surface area (Å²) in [5, 5.41) is 10.5. The van der Waals surface area contributed by atoms with Gasteiger partial charge in [-0.1, -0.05) is 42.5 Å². The van der Waals surface area contributed by atoms with E-state index in [1.54, 1.807) is 79.9 Å². The second-order valence-corrected chi connectivity index (χ2v) is 8.63. The summed E-state index contributed by atoms with van der Waals surface area (Å²) >= 11 is 0. The molecule has 0 saturated heterocycles. The number of aliphatic hydroxyl groups is 1. The zero-order valence-corrected chi connectivity index (χ0v) is 20.3. The van der Waals surface area contributed by atoms with Crippen LogP contribution in [0.5, 0.6) is 17.4 Å². The highest BCUT2D eigenvalue weighted by molar-refractivity contribution is 6.00. The Kier molecular flexibility index (Phi) is 6.66. The Balaban J connectivity index is 1.31. The Labute approximate surface area is 212 Å². The van der Waals surface area contributed by atoms with Crippen molar-refractivity contribution < 1.29 is 23.8 Å². The monoisotopic (exact) mass is 497 g/mol. The molecule has 0 fully saturated rings. The van der Waals surface area contributed by atoms with Gasteiger partial charge in [-0.25, -0.2) is 14.4 Å². The average Bonchev–Trinajstić information content (AvgIpc) is 3.23. The van der Waals surface area contributed by atoms with Gasteiger partial charge < -0.3 is 19.1 Å². The molecule has 0 amide bonds. The van der Waals surface area contributed by atoms with Gasteiger partial charge in [0.2, 0.25) is 0 Å². The molecule has 7 nitrogen and oxygen atoms in total. The zero-order valence-electron chi connectivity index (χ0n) is 20.3. The third-order valence-corrected chi connectivity index (χ3v) is 5.95. The fourth-order valence-electron chi connectivity index (χ4n) is 3.95.